The molecular weight excluding hydrogens is 264 g/mol. The highest BCUT2D eigenvalue weighted by atomic mass is 16.2. The summed E-state index contributed by atoms with van der Waals surface area (Å²) in [4.78, 5) is 19.1. The Hall–Kier alpha value is -2.43. The number of nitrogen functional groups attached to an aromatic ring is 1. The van der Waals surface area contributed by atoms with Gasteiger partial charge in [-0.15, -0.1) is 0 Å². The highest BCUT2D eigenvalue weighted by Gasteiger charge is 2.16. The minimum Gasteiger partial charge on any atom is -0.397 e. The number of aromatic amines is 1. The molecule has 3 N–H and O–H groups in total. The largest absolute Gasteiger partial charge is 0.397 e. The lowest BCUT2D eigenvalue weighted by molar-refractivity contribution is 0.0747. The Morgan fingerprint density at radius 2 is 1.90 bits per heavy atom. The number of amides is 1. The average molecular weight is 286 g/mol. The Kier molecular flexibility index (Phi) is 4.52. The minimum atomic E-state index is -0.0362. The van der Waals surface area contributed by atoms with Gasteiger partial charge >= 0.3 is 0 Å². The third-order valence-electron chi connectivity index (χ3n) is 3.43. The van der Waals surface area contributed by atoms with Crippen LogP contribution in [0.5, 0.6) is 0 Å². The van der Waals surface area contributed by atoms with E-state index >= 15 is 0 Å². The zero-order chi connectivity index (χ0) is 15.4. The van der Waals surface area contributed by atoms with Crippen LogP contribution >= 0.6 is 0 Å². The van der Waals surface area contributed by atoms with Gasteiger partial charge in [0.05, 0.1) is 0 Å². The summed E-state index contributed by atoms with van der Waals surface area (Å²) in [6.07, 6.45) is 1.63. The van der Waals surface area contributed by atoms with E-state index < -0.39 is 0 Å². The third-order valence-corrected chi connectivity index (χ3v) is 3.43. The van der Waals surface area contributed by atoms with Crippen LogP contribution in [0.1, 0.15) is 23.0 Å². The molecule has 2 rings (SSSR count). The number of nitrogens with zero attached hydrogens (tertiary/aromatic N) is 2. The lowest BCUT2D eigenvalue weighted by Crippen LogP contribution is -2.30. The van der Waals surface area contributed by atoms with E-state index in [0.29, 0.717) is 24.5 Å². The van der Waals surface area contributed by atoms with Gasteiger partial charge in [0.1, 0.15) is 5.69 Å². The fourth-order valence-corrected chi connectivity index (χ4v) is 2.15. The number of hydrogen-bond acceptors (Lipinski definition) is 3. The number of nitrogens with one attached hydrogen (secondary N) is 1. The second-order valence-electron chi connectivity index (χ2n) is 5.23. The van der Waals surface area contributed by atoms with Gasteiger partial charge in [-0.1, -0.05) is 12.1 Å². The molecule has 5 nitrogen and oxygen atoms in total. The van der Waals surface area contributed by atoms with Gasteiger partial charge in [-0.05, 0) is 30.7 Å². The molecule has 112 valence electrons. The zero-order valence-electron chi connectivity index (χ0n) is 12.8. The highest BCUT2D eigenvalue weighted by Crippen LogP contribution is 2.15. The van der Waals surface area contributed by atoms with Crippen LogP contribution in [-0.2, 0) is 6.54 Å². The van der Waals surface area contributed by atoms with E-state index in [1.165, 1.54) is 0 Å². The van der Waals surface area contributed by atoms with Crippen LogP contribution in [-0.4, -0.2) is 36.4 Å². The van der Waals surface area contributed by atoms with Crippen molar-refractivity contribution in [3.8, 4) is 0 Å². The minimum absolute atomic E-state index is 0.0362. The molecule has 0 saturated carbocycles. The lowest BCUT2D eigenvalue weighted by Gasteiger charge is -2.21. The van der Waals surface area contributed by atoms with Crippen LogP contribution < -0.4 is 10.6 Å². The SMILES string of the molecule is CCN(Cc1ccc(N(C)C)cc1)C(=O)c1cc(N)c[nH]1. The molecule has 1 amide bonds. The van der Waals surface area contributed by atoms with Gasteiger partial charge in [-0.3, -0.25) is 4.79 Å². The summed E-state index contributed by atoms with van der Waals surface area (Å²) in [5, 5.41) is 0. The maximum Gasteiger partial charge on any atom is 0.270 e. The monoisotopic (exact) mass is 286 g/mol. The Morgan fingerprint density at radius 3 is 2.38 bits per heavy atom. The number of nitrogens with two attached hydrogens (primary N) is 1. The van der Waals surface area contributed by atoms with E-state index in [1.54, 1.807) is 17.2 Å². The van der Waals surface area contributed by atoms with Crippen molar-refractivity contribution in [2.45, 2.75) is 13.5 Å². The smallest absolute Gasteiger partial charge is 0.270 e. The molecule has 0 aliphatic rings. The summed E-state index contributed by atoms with van der Waals surface area (Å²) in [7, 11) is 4.01. The van der Waals surface area contributed by atoms with E-state index in [4.69, 9.17) is 5.73 Å². The van der Waals surface area contributed by atoms with Crippen LogP contribution in [0.15, 0.2) is 36.5 Å². The van der Waals surface area contributed by atoms with Crippen molar-refractivity contribution in [3.63, 3.8) is 0 Å². The van der Waals surface area contributed by atoms with Crippen molar-refractivity contribution in [1.82, 2.24) is 9.88 Å². The van der Waals surface area contributed by atoms with E-state index in [1.807, 2.05) is 38.1 Å². The van der Waals surface area contributed by atoms with Crippen molar-refractivity contribution in [2.24, 2.45) is 0 Å². The van der Waals surface area contributed by atoms with Crippen LogP contribution in [0.25, 0.3) is 0 Å². The van der Waals surface area contributed by atoms with Crippen molar-refractivity contribution in [3.05, 3.63) is 47.8 Å². The summed E-state index contributed by atoms with van der Waals surface area (Å²) in [6.45, 7) is 3.20. The first-order valence-corrected chi connectivity index (χ1v) is 7.00. The van der Waals surface area contributed by atoms with Crippen molar-refractivity contribution in [1.29, 1.82) is 0 Å². The van der Waals surface area contributed by atoms with Crippen LogP contribution in [0.3, 0.4) is 0 Å². The first-order valence-electron chi connectivity index (χ1n) is 7.00. The quantitative estimate of drug-likeness (QED) is 0.886. The lowest BCUT2D eigenvalue weighted by atomic mass is 10.2. The predicted molar refractivity (Wildman–Crippen MR) is 86.4 cm³/mol. The topological polar surface area (TPSA) is 65.4 Å². The van der Waals surface area contributed by atoms with E-state index in [2.05, 4.69) is 17.1 Å². The molecule has 0 atom stereocenters. The van der Waals surface area contributed by atoms with Gasteiger partial charge in [0.15, 0.2) is 0 Å². The van der Waals surface area contributed by atoms with Crippen molar-refractivity contribution >= 4 is 17.3 Å². The standard InChI is InChI=1S/C16H22N4O/c1-4-20(16(21)15-9-13(17)10-18-15)11-12-5-7-14(8-6-12)19(2)3/h5-10,18H,4,11,17H2,1-3H3. The molecule has 1 aromatic carbocycles. The number of aromatic nitrogens is 1. The highest BCUT2D eigenvalue weighted by molar-refractivity contribution is 5.93. The Morgan fingerprint density at radius 1 is 1.24 bits per heavy atom. The zero-order valence-corrected chi connectivity index (χ0v) is 12.8. The summed E-state index contributed by atoms with van der Waals surface area (Å²) >= 11 is 0. The number of carbonyl (C=O) groups excluding carboxylic acids is 1. The summed E-state index contributed by atoms with van der Waals surface area (Å²) in [6, 6.07) is 9.88. The van der Waals surface area contributed by atoms with Gasteiger partial charge < -0.3 is 20.5 Å². The van der Waals surface area contributed by atoms with E-state index in [9.17, 15) is 4.79 Å². The summed E-state index contributed by atoms with van der Waals surface area (Å²) in [5.41, 5.74) is 9.00. The molecule has 21 heavy (non-hydrogen) atoms. The maximum atomic E-state index is 12.4. The van der Waals surface area contributed by atoms with Gasteiger partial charge in [0.2, 0.25) is 0 Å². The molecule has 0 unspecified atom stereocenters. The normalized spacial score (nSPS) is 10.4. The molecule has 2 aromatic rings. The molecule has 0 radical (unpaired) electrons. The Bertz CT molecular complexity index is 601. The fraction of sp³-hybridized carbons (Fsp3) is 0.312. The van der Waals surface area contributed by atoms with Gasteiger partial charge in [-0.2, -0.15) is 0 Å². The molecule has 5 heteroatoms. The van der Waals surface area contributed by atoms with E-state index in [0.717, 1.165) is 11.3 Å². The van der Waals surface area contributed by atoms with Gasteiger partial charge in [0, 0.05) is 44.8 Å². The second kappa shape index (κ2) is 6.35. The van der Waals surface area contributed by atoms with Crippen molar-refractivity contribution in [2.75, 3.05) is 31.3 Å². The molecule has 0 aliphatic carbocycles. The van der Waals surface area contributed by atoms with Crippen LogP contribution in [0, 0.1) is 0 Å². The maximum absolute atomic E-state index is 12.4. The first kappa shape index (κ1) is 15.0. The van der Waals surface area contributed by atoms with Gasteiger partial charge in [-0.25, -0.2) is 0 Å². The molecular formula is C16H22N4O. The molecule has 1 aromatic heterocycles. The number of carbonyl (C=O) groups is 1. The fourth-order valence-electron chi connectivity index (χ4n) is 2.15. The molecule has 1 heterocycles. The molecule has 0 spiro atoms. The van der Waals surface area contributed by atoms with Crippen molar-refractivity contribution < 1.29 is 4.79 Å². The molecule has 0 fully saturated rings. The number of H-pyrrole nitrogens is 1. The van der Waals surface area contributed by atoms with E-state index in [-0.39, 0.29) is 5.91 Å². The number of hydrogen-bond donors (Lipinski definition) is 2. The Labute approximate surface area is 125 Å². The predicted octanol–water partition coefficient (Wildman–Crippen LogP) is 2.33. The van der Waals surface area contributed by atoms with Crippen LogP contribution in [0.2, 0.25) is 0 Å². The number of anilines is 2. The van der Waals surface area contributed by atoms with Crippen LogP contribution in [0.4, 0.5) is 11.4 Å². The summed E-state index contributed by atoms with van der Waals surface area (Å²) < 4.78 is 0. The molecule has 0 saturated heterocycles. The molecule has 0 aliphatic heterocycles. The van der Waals surface area contributed by atoms with Gasteiger partial charge in [0.25, 0.3) is 5.91 Å². The second-order valence-corrected chi connectivity index (χ2v) is 5.23. The average Bonchev–Trinajstić information content (AvgIpc) is 2.91. The number of benzene rings is 1. The summed E-state index contributed by atoms with van der Waals surface area (Å²) in [5.74, 6) is -0.0362. The molecule has 0 bridgehead atoms. The number of rotatable bonds is 5. The Balaban J connectivity index is 2.10. The third kappa shape index (κ3) is 3.56. The first-order chi connectivity index (χ1) is 10.0.